The number of carbonyl (C=O) groups excluding carboxylic acids is 1. The van der Waals surface area contributed by atoms with Crippen molar-refractivity contribution < 1.29 is 32.6 Å². The van der Waals surface area contributed by atoms with Gasteiger partial charge in [-0.2, -0.15) is 0 Å². The quantitative estimate of drug-likeness (QED) is 0.871. The van der Waals surface area contributed by atoms with Gasteiger partial charge in [-0.3, -0.25) is 9.59 Å². The number of halogens is 3. The number of alkyl halides is 3. The minimum absolute atomic E-state index is 0.159. The lowest BCUT2D eigenvalue weighted by molar-refractivity contribution is -0.274. The Kier molecular flexibility index (Phi) is 4.06. The second-order valence-corrected chi connectivity index (χ2v) is 4.66. The van der Waals surface area contributed by atoms with Gasteiger partial charge in [-0.15, -0.1) is 13.2 Å². The average Bonchev–Trinajstić information content (AvgIpc) is 3.16. The van der Waals surface area contributed by atoms with Crippen molar-refractivity contribution >= 4 is 11.9 Å². The summed E-state index contributed by atoms with van der Waals surface area (Å²) < 4.78 is 40.5. The molecule has 0 spiro atoms. The van der Waals surface area contributed by atoms with Gasteiger partial charge in [0.25, 0.3) is 0 Å². The Balaban J connectivity index is 1.95. The maximum atomic E-state index is 12.2. The van der Waals surface area contributed by atoms with Crippen LogP contribution in [0.4, 0.5) is 13.2 Å². The first kappa shape index (κ1) is 15.1. The Labute approximate surface area is 117 Å². The number of benzene rings is 1. The van der Waals surface area contributed by atoms with Crippen molar-refractivity contribution in [2.24, 2.45) is 11.8 Å². The molecule has 0 aliphatic heterocycles. The second kappa shape index (κ2) is 5.63. The van der Waals surface area contributed by atoms with Crippen LogP contribution < -0.4 is 10.1 Å². The third-order valence-corrected chi connectivity index (χ3v) is 3.10. The first-order valence-electron chi connectivity index (χ1n) is 6.12. The van der Waals surface area contributed by atoms with Crippen LogP contribution in [0.3, 0.4) is 0 Å². The zero-order valence-corrected chi connectivity index (χ0v) is 10.7. The predicted octanol–water partition coefficient (Wildman–Crippen LogP) is 1.92. The predicted molar refractivity (Wildman–Crippen MR) is 64.2 cm³/mol. The summed E-state index contributed by atoms with van der Waals surface area (Å²) in [4.78, 5) is 22.3. The van der Waals surface area contributed by atoms with Gasteiger partial charge in [-0.05, 0) is 12.5 Å². The van der Waals surface area contributed by atoms with Crippen LogP contribution in [-0.2, 0) is 16.1 Å². The summed E-state index contributed by atoms with van der Waals surface area (Å²) in [7, 11) is 0. The minimum Gasteiger partial charge on any atom is -0.481 e. The van der Waals surface area contributed by atoms with Crippen molar-refractivity contribution in [3.05, 3.63) is 29.8 Å². The topological polar surface area (TPSA) is 75.6 Å². The van der Waals surface area contributed by atoms with Gasteiger partial charge in [-0.25, -0.2) is 0 Å². The first-order chi connectivity index (χ1) is 9.78. The molecule has 0 saturated heterocycles. The lowest BCUT2D eigenvalue weighted by Crippen LogP contribution is -2.26. The van der Waals surface area contributed by atoms with Gasteiger partial charge in [0.2, 0.25) is 5.91 Å². The zero-order chi connectivity index (χ0) is 15.6. The Morgan fingerprint density at radius 2 is 1.95 bits per heavy atom. The van der Waals surface area contributed by atoms with E-state index in [1.165, 1.54) is 18.2 Å². The molecule has 0 heterocycles. The highest BCUT2D eigenvalue weighted by Gasteiger charge is 2.48. The number of carboxylic acids is 1. The van der Waals surface area contributed by atoms with Crippen molar-refractivity contribution in [2.75, 3.05) is 0 Å². The first-order valence-corrected chi connectivity index (χ1v) is 6.12. The van der Waals surface area contributed by atoms with Crippen LogP contribution in [0.2, 0.25) is 0 Å². The fourth-order valence-corrected chi connectivity index (χ4v) is 1.95. The van der Waals surface area contributed by atoms with Gasteiger partial charge >= 0.3 is 12.3 Å². The number of aliphatic carboxylic acids is 1. The van der Waals surface area contributed by atoms with E-state index in [-0.39, 0.29) is 18.5 Å². The summed E-state index contributed by atoms with van der Waals surface area (Å²) in [6, 6.07) is 5.44. The third-order valence-electron chi connectivity index (χ3n) is 3.10. The lowest BCUT2D eigenvalue weighted by atomic mass is 10.2. The molecule has 5 nitrogen and oxygen atoms in total. The van der Waals surface area contributed by atoms with Gasteiger partial charge in [0.15, 0.2) is 0 Å². The van der Waals surface area contributed by atoms with E-state index in [0.29, 0.717) is 0 Å². The van der Waals surface area contributed by atoms with E-state index in [2.05, 4.69) is 10.1 Å². The molecule has 1 aromatic rings. The molecule has 114 valence electrons. The molecule has 0 radical (unpaired) electrons. The number of para-hydroxylation sites is 1. The van der Waals surface area contributed by atoms with Crippen LogP contribution in [0, 0.1) is 11.8 Å². The summed E-state index contributed by atoms with van der Waals surface area (Å²) in [5.74, 6) is -3.24. The van der Waals surface area contributed by atoms with E-state index in [1.54, 1.807) is 0 Å². The smallest absolute Gasteiger partial charge is 0.481 e. The Bertz CT molecular complexity index is 559. The molecule has 2 unspecified atom stereocenters. The van der Waals surface area contributed by atoms with Crippen LogP contribution in [-0.4, -0.2) is 23.3 Å². The Hall–Kier alpha value is -2.25. The van der Waals surface area contributed by atoms with Gasteiger partial charge in [0.05, 0.1) is 11.8 Å². The number of carbonyl (C=O) groups is 2. The largest absolute Gasteiger partial charge is 0.573 e. The minimum atomic E-state index is -4.81. The highest BCUT2D eigenvalue weighted by Crippen LogP contribution is 2.38. The van der Waals surface area contributed by atoms with Gasteiger partial charge in [-0.1, -0.05) is 18.2 Å². The summed E-state index contributed by atoms with van der Waals surface area (Å²) in [5.41, 5.74) is 0.163. The monoisotopic (exact) mass is 303 g/mol. The van der Waals surface area contributed by atoms with Crippen LogP contribution >= 0.6 is 0 Å². The van der Waals surface area contributed by atoms with Crippen LogP contribution in [0.1, 0.15) is 12.0 Å². The maximum absolute atomic E-state index is 12.2. The molecule has 1 aliphatic rings. The maximum Gasteiger partial charge on any atom is 0.573 e. The molecule has 1 fully saturated rings. The summed E-state index contributed by atoms with van der Waals surface area (Å²) in [6.07, 6.45) is -4.56. The lowest BCUT2D eigenvalue weighted by Gasteiger charge is -2.13. The molecule has 2 rings (SSSR count). The van der Waals surface area contributed by atoms with E-state index < -0.39 is 35.8 Å². The van der Waals surface area contributed by atoms with Crippen molar-refractivity contribution in [1.82, 2.24) is 5.32 Å². The van der Waals surface area contributed by atoms with E-state index in [1.807, 2.05) is 0 Å². The average molecular weight is 303 g/mol. The van der Waals surface area contributed by atoms with E-state index in [9.17, 15) is 22.8 Å². The normalized spacial score (nSPS) is 20.7. The molecule has 2 N–H and O–H groups in total. The van der Waals surface area contributed by atoms with Crippen molar-refractivity contribution in [3.63, 3.8) is 0 Å². The number of rotatable bonds is 5. The van der Waals surface area contributed by atoms with Crippen LogP contribution in [0.5, 0.6) is 5.75 Å². The molecule has 1 aromatic carbocycles. The summed E-state index contributed by atoms with van der Waals surface area (Å²) >= 11 is 0. The molecule has 2 atom stereocenters. The molecule has 0 bridgehead atoms. The third kappa shape index (κ3) is 4.11. The molecular weight excluding hydrogens is 291 g/mol. The Morgan fingerprint density at radius 3 is 2.52 bits per heavy atom. The number of ether oxygens (including phenoxy) is 1. The van der Waals surface area contributed by atoms with Gasteiger partial charge in [0, 0.05) is 12.1 Å². The van der Waals surface area contributed by atoms with Crippen molar-refractivity contribution in [2.45, 2.75) is 19.3 Å². The van der Waals surface area contributed by atoms with E-state index in [4.69, 9.17) is 5.11 Å². The molecule has 1 amide bonds. The van der Waals surface area contributed by atoms with E-state index >= 15 is 0 Å². The molecule has 1 aliphatic carbocycles. The number of amides is 1. The molecule has 1 saturated carbocycles. The fourth-order valence-electron chi connectivity index (χ4n) is 1.95. The number of nitrogens with one attached hydrogen (secondary N) is 1. The van der Waals surface area contributed by atoms with E-state index in [0.717, 1.165) is 6.07 Å². The summed E-state index contributed by atoms with van der Waals surface area (Å²) in [5, 5.41) is 11.1. The SMILES string of the molecule is O=C(O)C1CC1C(=O)NCc1ccccc1OC(F)(F)F. The zero-order valence-electron chi connectivity index (χ0n) is 10.7. The number of hydrogen-bond donors (Lipinski definition) is 2. The van der Waals surface area contributed by atoms with Gasteiger partial charge in [0.1, 0.15) is 5.75 Å². The highest BCUT2D eigenvalue weighted by atomic mass is 19.4. The van der Waals surface area contributed by atoms with Crippen molar-refractivity contribution in [1.29, 1.82) is 0 Å². The van der Waals surface area contributed by atoms with Gasteiger partial charge < -0.3 is 15.2 Å². The molecule has 21 heavy (non-hydrogen) atoms. The van der Waals surface area contributed by atoms with Crippen LogP contribution in [0.15, 0.2) is 24.3 Å². The molecule has 0 aromatic heterocycles. The van der Waals surface area contributed by atoms with Crippen LogP contribution in [0.25, 0.3) is 0 Å². The number of hydrogen-bond acceptors (Lipinski definition) is 3. The van der Waals surface area contributed by atoms with Crippen molar-refractivity contribution in [3.8, 4) is 5.75 Å². The molecular formula is C13H12F3NO4. The standard InChI is InChI=1S/C13H12F3NO4/c14-13(15,16)21-10-4-2-1-3-7(10)6-17-11(18)8-5-9(8)12(19)20/h1-4,8-9H,5-6H2,(H,17,18)(H,19,20). The second-order valence-electron chi connectivity index (χ2n) is 4.66. The summed E-state index contributed by atoms with van der Waals surface area (Å²) in [6.45, 7) is -0.159. The fraction of sp³-hybridized carbons (Fsp3) is 0.385. The molecule has 8 heteroatoms. The Morgan fingerprint density at radius 1 is 1.29 bits per heavy atom. The number of carboxylic acid groups (broad SMARTS) is 1. The highest BCUT2D eigenvalue weighted by molar-refractivity contribution is 5.89.